The number of hydrogen-bond acceptors (Lipinski definition) is 4. The molecule has 0 saturated carbocycles. The smallest absolute Gasteiger partial charge is 0.261 e. The Morgan fingerprint density at radius 3 is 3.20 bits per heavy atom. The summed E-state index contributed by atoms with van der Waals surface area (Å²) in [6, 6.07) is 4.18. The lowest BCUT2D eigenvalue weighted by atomic mass is 10.2. The van der Waals surface area contributed by atoms with Crippen LogP contribution in [0.4, 0.5) is 0 Å². The van der Waals surface area contributed by atoms with E-state index in [-0.39, 0.29) is 5.91 Å². The van der Waals surface area contributed by atoms with Crippen molar-refractivity contribution in [1.29, 1.82) is 0 Å². The maximum Gasteiger partial charge on any atom is 0.261 e. The number of likely N-dealkylation sites (tertiary alicyclic amines) is 1. The molecular formula is C15H21N3OS. The molecule has 1 aromatic rings. The number of hydrogen-bond donors (Lipinski definition) is 2. The molecule has 5 heteroatoms. The fraction of sp³-hybridized carbons (Fsp3) is 0.533. The summed E-state index contributed by atoms with van der Waals surface area (Å²) < 4.78 is 0. The zero-order chi connectivity index (χ0) is 14.4. The van der Waals surface area contributed by atoms with Crippen molar-refractivity contribution in [3.63, 3.8) is 0 Å². The van der Waals surface area contributed by atoms with Crippen LogP contribution in [-0.2, 0) is 0 Å². The zero-order valence-electron chi connectivity index (χ0n) is 11.8. The molecular weight excluding hydrogens is 270 g/mol. The van der Waals surface area contributed by atoms with Crippen LogP contribution >= 0.6 is 11.3 Å². The van der Waals surface area contributed by atoms with Gasteiger partial charge in [-0.3, -0.25) is 9.69 Å². The van der Waals surface area contributed by atoms with Crippen LogP contribution in [0.3, 0.4) is 0 Å². The second-order valence-electron chi connectivity index (χ2n) is 4.80. The molecule has 1 aromatic heterocycles. The Balaban J connectivity index is 1.87. The Kier molecular flexibility index (Phi) is 5.60. The van der Waals surface area contributed by atoms with Crippen molar-refractivity contribution in [3.8, 4) is 11.8 Å². The fourth-order valence-electron chi connectivity index (χ4n) is 2.51. The summed E-state index contributed by atoms with van der Waals surface area (Å²) in [4.78, 5) is 16.1. The van der Waals surface area contributed by atoms with Gasteiger partial charge in [0.2, 0.25) is 0 Å². The third kappa shape index (κ3) is 3.83. The summed E-state index contributed by atoms with van der Waals surface area (Å²) >= 11 is 1.42. The van der Waals surface area contributed by atoms with Gasteiger partial charge in [-0.1, -0.05) is 18.8 Å². The molecule has 1 atom stereocenters. The molecule has 2 heterocycles. The van der Waals surface area contributed by atoms with Gasteiger partial charge in [-0.05, 0) is 38.1 Å². The van der Waals surface area contributed by atoms with Gasteiger partial charge >= 0.3 is 0 Å². The highest BCUT2D eigenvalue weighted by atomic mass is 32.1. The lowest BCUT2D eigenvalue weighted by molar-refractivity contribution is 0.0945. The van der Waals surface area contributed by atoms with E-state index in [1.54, 1.807) is 0 Å². The Labute approximate surface area is 124 Å². The third-order valence-corrected chi connectivity index (χ3v) is 4.55. The van der Waals surface area contributed by atoms with Gasteiger partial charge in [-0.25, -0.2) is 0 Å². The fourth-order valence-corrected chi connectivity index (χ4v) is 3.30. The van der Waals surface area contributed by atoms with Gasteiger partial charge in [-0.15, -0.1) is 11.3 Å². The van der Waals surface area contributed by atoms with Gasteiger partial charge < -0.3 is 11.1 Å². The van der Waals surface area contributed by atoms with Crippen LogP contribution < -0.4 is 11.1 Å². The molecule has 0 bridgehead atoms. The van der Waals surface area contributed by atoms with Crippen molar-refractivity contribution in [2.24, 2.45) is 5.73 Å². The minimum absolute atomic E-state index is 0.00116. The minimum Gasteiger partial charge on any atom is -0.350 e. The van der Waals surface area contributed by atoms with E-state index >= 15 is 0 Å². The number of rotatable bonds is 4. The summed E-state index contributed by atoms with van der Waals surface area (Å²) in [5.41, 5.74) is 5.33. The van der Waals surface area contributed by atoms with Crippen LogP contribution in [0.1, 0.15) is 34.3 Å². The van der Waals surface area contributed by atoms with E-state index < -0.39 is 0 Å². The standard InChI is InChI=1S/C15H21N3OS/c1-2-18-10-4-5-12(18)11-17-15(19)14-8-7-13(20-14)6-3-9-16/h7-8,12H,2,4-5,9-11,16H2,1H3,(H,17,19). The first kappa shape index (κ1) is 15.0. The van der Waals surface area contributed by atoms with E-state index in [9.17, 15) is 4.79 Å². The van der Waals surface area contributed by atoms with E-state index in [0.29, 0.717) is 17.5 Å². The summed E-state index contributed by atoms with van der Waals surface area (Å²) in [6.07, 6.45) is 2.40. The molecule has 0 radical (unpaired) electrons. The molecule has 0 aromatic carbocycles. The van der Waals surface area contributed by atoms with Crippen molar-refractivity contribution in [3.05, 3.63) is 21.9 Å². The Bertz CT molecular complexity index is 515. The van der Waals surface area contributed by atoms with Crippen molar-refractivity contribution in [1.82, 2.24) is 10.2 Å². The van der Waals surface area contributed by atoms with E-state index in [1.165, 1.54) is 24.2 Å². The SMILES string of the molecule is CCN1CCCC1CNC(=O)c1ccc(C#CCN)s1. The van der Waals surface area contributed by atoms with Gasteiger partial charge in [0, 0.05) is 12.6 Å². The summed E-state index contributed by atoms with van der Waals surface area (Å²) in [7, 11) is 0. The molecule has 3 N–H and O–H groups in total. The highest BCUT2D eigenvalue weighted by Gasteiger charge is 2.23. The summed E-state index contributed by atoms with van der Waals surface area (Å²) in [6.45, 7) is 5.44. The predicted molar refractivity (Wildman–Crippen MR) is 82.9 cm³/mol. The van der Waals surface area contributed by atoms with Gasteiger partial charge in [0.05, 0.1) is 16.3 Å². The molecule has 2 rings (SSSR count). The number of thiophene rings is 1. The lowest BCUT2D eigenvalue weighted by Gasteiger charge is -2.22. The monoisotopic (exact) mass is 291 g/mol. The van der Waals surface area contributed by atoms with Crippen LogP contribution in [0.5, 0.6) is 0 Å². The molecule has 4 nitrogen and oxygen atoms in total. The molecule has 1 fully saturated rings. The first-order valence-electron chi connectivity index (χ1n) is 7.05. The molecule has 1 aliphatic heterocycles. The molecule has 20 heavy (non-hydrogen) atoms. The molecule has 108 valence electrons. The highest BCUT2D eigenvalue weighted by Crippen LogP contribution is 2.17. The number of likely N-dealkylation sites (N-methyl/N-ethyl adjacent to an activating group) is 1. The topological polar surface area (TPSA) is 58.4 Å². The Morgan fingerprint density at radius 2 is 2.45 bits per heavy atom. The van der Waals surface area contributed by atoms with Crippen LogP contribution in [0.25, 0.3) is 0 Å². The van der Waals surface area contributed by atoms with Crippen molar-refractivity contribution >= 4 is 17.2 Å². The predicted octanol–water partition coefficient (Wildman–Crippen LogP) is 1.27. The van der Waals surface area contributed by atoms with Crippen LogP contribution in [0, 0.1) is 11.8 Å². The first-order chi connectivity index (χ1) is 9.74. The first-order valence-corrected chi connectivity index (χ1v) is 7.87. The van der Waals surface area contributed by atoms with E-state index in [1.807, 2.05) is 12.1 Å². The van der Waals surface area contributed by atoms with E-state index in [4.69, 9.17) is 5.73 Å². The zero-order valence-corrected chi connectivity index (χ0v) is 12.6. The summed E-state index contributed by atoms with van der Waals surface area (Å²) in [5.74, 6) is 5.74. The molecule has 0 spiro atoms. The van der Waals surface area contributed by atoms with Crippen LogP contribution in [-0.4, -0.2) is 43.0 Å². The molecule has 1 aliphatic rings. The Hall–Kier alpha value is -1.35. The average Bonchev–Trinajstić information content (AvgIpc) is 3.11. The normalized spacial score (nSPS) is 18.6. The molecule has 1 unspecified atom stereocenters. The van der Waals surface area contributed by atoms with Crippen LogP contribution in [0.15, 0.2) is 12.1 Å². The highest BCUT2D eigenvalue weighted by molar-refractivity contribution is 7.14. The summed E-state index contributed by atoms with van der Waals surface area (Å²) in [5, 5.41) is 3.03. The molecule has 1 amide bonds. The van der Waals surface area contributed by atoms with Gasteiger partial charge in [-0.2, -0.15) is 0 Å². The lowest BCUT2D eigenvalue weighted by Crippen LogP contribution is -2.39. The second kappa shape index (κ2) is 7.44. The molecule has 1 saturated heterocycles. The van der Waals surface area contributed by atoms with E-state index in [2.05, 4.69) is 29.0 Å². The number of nitrogens with zero attached hydrogens (tertiary/aromatic N) is 1. The van der Waals surface area contributed by atoms with Crippen molar-refractivity contribution in [2.75, 3.05) is 26.2 Å². The number of carbonyl (C=O) groups is 1. The largest absolute Gasteiger partial charge is 0.350 e. The van der Waals surface area contributed by atoms with Gasteiger partial charge in [0.15, 0.2) is 0 Å². The average molecular weight is 291 g/mol. The van der Waals surface area contributed by atoms with Crippen molar-refractivity contribution in [2.45, 2.75) is 25.8 Å². The van der Waals surface area contributed by atoms with Gasteiger partial charge in [0.25, 0.3) is 5.91 Å². The van der Waals surface area contributed by atoms with Gasteiger partial charge in [0.1, 0.15) is 0 Å². The second-order valence-corrected chi connectivity index (χ2v) is 5.89. The third-order valence-electron chi connectivity index (χ3n) is 3.55. The Morgan fingerprint density at radius 1 is 1.60 bits per heavy atom. The number of carbonyl (C=O) groups excluding carboxylic acids is 1. The number of nitrogens with one attached hydrogen (secondary N) is 1. The maximum atomic E-state index is 12.1. The van der Waals surface area contributed by atoms with Crippen LogP contribution in [0.2, 0.25) is 0 Å². The minimum atomic E-state index is -0.00116. The van der Waals surface area contributed by atoms with E-state index in [0.717, 1.165) is 24.5 Å². The maximum absolute atomic E-state index is 12.1. The molecule has 0 aliphatic carbocycles. The number of amides is 1. The van der Waals surface area contributed by atoms with Crippen molar-refractivity contribution < 1.29 is 4.79 Å². The quantitative estimate of drug-likeness (QED) is 0.822. The number of nitrogens with two attached hydrogens (primary N) is 1.